The van der Waals surface area contributed by atoms with E-state index in [1.54, 1.807) is 0 Å². The van der Waals surface area contributed by atoms with Gasteiger partial charge in [-0.2, -0.15) is 4.31 Å². The summed E-state index contributed by atoms with van der Waals surface area (Å²) in [5.41, 5.74) is 0. The molecule has 1 aliphatic rings. The fraction of sp³-hybridized carbons (Fsp3) is 0.455. The van der Waals surface area contributed by atoms with Crippen molar-refractivity contribution in [1.82, 2.24) is 4.31 Å². The van der Waals surface area contributed by atoms with Gasteiger partial charge in [0.1, 0.15) is 5.75 Å². The van der Waals surface area contributed by atoms with Gasteiger partial charge in [0.2, 0.25) is 10.0 Å². The Morgan fingerprint density at radius 1 is 1.25 bits per heavy atom. The first-order valence-corrected chi connectivity index (χ1v) is 7.16. The molecule has 5 nitrogen and oxygen atoms in total. The van der Waals surface area contributed by atoms with Crippen LogP contribution in [0.1, 0.15) is 6.42 Å². The Kier molecular flexibility index (Phi) is 3.94. The van der Waals surface area contributed by atoms with Crippen molar-refractivity contribution in [3.8, 4) is 5.75 Å². The third-order valence-corrected chi connectivity index (χ3v) is 4.70. The lowest BCUT2D eigenvalue weighted by atomic mass is 10.3. The van der Waals surface area contributed by atoms with E-state index in [2.05, 4.69) is 4.74 Å². The standard InChI is InChI=1S/C11H12F3NO4S/c12-11(13,14)19-9-1-3-10(4-2-9)20(17,18)15-6-5-8(16)7-15/h1-4,8,16H,5-7H2/t8-/m1/s1. The zero-order valence-corrected chi connectivity index (χ0v) is 11.0. The highest BCUT2D eigenvalue weighted by molar-refractivity contribution is 7.89. The molecule has 0 aromatic heterocycles. The van der Waals surface area contributed by atoms with Crippen LogP contribution >= 0.6 is 0 Å². The first kappa shape index (κ1) is 15.1. The van der Waals surface area contributed by atoms with Crippen LogP contribution in [0.25, 0.3) is 0 Å². The van der Waals surface area contributed by atoms with E-state index in [1.807, 2.05) is 0 Å². The SMILES string of the molecule is O=S(=O)(c1ccc(OC(F)(F)F)cc1)N1CC[C@@H](O)C1. The molecule has 1 saturated heterocycles. The molecule has 0 spiro atoms. The first-order chi connectivity index (χ1) is 9.18. The quantitative estimate of drug-likeness (QED) is 0.915. The van der Waals surface area contributed by atoms with Crippen LogP contribution in [0.15, 0.2) is 29.2 Å². The number of halogens is 3. The zero-order valence-electron chi connectivity index (χ0n) is 10.2. The number of aliphatic hydroxyl groups excluding tert-OH is 1. The van der Waals surface area contributed by atoms with Gasteiger partial charge in [-0.25, -0.2) is 8.42 Å². The lowest BCUT2D eigenvalue weighted by Crippen LogP contribution is -2.29. The number of hydrogen-bond donors (Lipinski definition) is 1. The van der Waals surface area contributed by atoms with Crippen LogP contribution in [0.2, 0.25) is 0 Å². The van der Waals surface area contributed by atoms with Crippen LogP contribution in [0, 0.1) is 0 Å². The average Bonchev–Trinajstić information content (AvgIpc) is 2.75. The number of β-amino-alcohol motifs (C(OH)–C–C–N with tert-alkyl or cyclic N) is 1. The highest BCUT2D eigenvalue weighted by atomic mass is 32.2. The maximum absolute atomic E-state index is 12.1. The second-order valence-corrected chi connectivity index (χ2v) is 6.26. The number of aliphatic hydroxyl groups is 1. The Bertz CT molecular complexity index is 570. The molecule has 1 heterocycles. The number of hydrogen-bond acceptors (Lipinski definition) is 4. The molecule has 0 saturated carbocycles. The summed E-state index contributed by atoms with van der Waals surface area (Å²) in [5, 5.41) is 9.33. The molecule has 0 aliphatic carbocycles. The normalized spacial score (nSPS) is 21.1. The molecule has 0 unspecified atom stereocenters. The predicted octanol–water partition coefficient (Wildman–Crippen LogP) is 1.34. The summed E-state index contributed by atoms with van der Waals surface area (Å²) in [4.78, 5) is -0.138. The molecule has 1 aromatic rings. The van der Waals surface area contributed by atoms with Crippen molar-refractivity contribution < 1.29 is 31.4 Å². The minimum atomic E-state index is -4.82. The predicted molar refractivity (Wildman–Crippen MR) is 62.5 cm³/mol. The van der Waals surface area contributed by atoms with E-state index in [1.165, 1.54) is 0 Å². The summed E-state index contributed by atoms with van der Waals surface area (Å²) in [6, 6.07) is 3.96. The van der Waals surface area contributed by atoms with Crippen molar-refractivity contribution in [2.75, 3.05) is 13.1 Å². The summed E-state index contributed by atoms with van der Waals surface area (Å²) < 4.78 is 65.0. The Morgan fingerprint density at radius 3 is 2.30 bits per heavy atom. The fourth-order valence-corrected chi connectivity index (χ4v) is 3.38. The highest BCUT2D eigenvalue weighted by Gasteiger charge is 2.33. The van der Waals surface area contributed by atoms with E-state index >= 15 is 0 Å². The van der Waals surface area contributed by atoms with Gasteiger partial charge in [-0.15, -0.1) is 13.2 Å². The second kappa shape index (κ2) is 5.23. The van der Waals surface area contributed by atoms with E-state index < -0.39 is 28.2 Å². The maximum Gasteiger partial charge on any atom is 0.573 e. The van der Waals surface area contributed by atoms with Crippen molar-refractivity contribution in [3.05, 3.63) is 24.3 Å². The van der Waals surface area contributed by atoms with Gasteiger partial charge < -0.3 is 9.84 Å². The third kappa shape index (κ3) is 3.41. The average molecular weight is 311 g/mol. The number of benzene rings is 1. The monoisotopic (exact) mass is 311 g/mol. The molecule has 2 rings (SSSR count). The molecule has 1 aromatic carbocycles. The van der Waals surface area contributed by atoms with Crippen LogP contribution in [-0.4, -0.2) is 43.4 Å². The lowest BCUT2D eigenvalue weighted by Gasteiger charge is -2.16. The summed E-state index contributed by atoms with van der Waals surface area (Å²) in [6.07, 6.45) is -5.19. The maximum atomic E-state index is 12.1. The lowest BCUT2D eigenvalue weighted by molar-refractivity contribution is -0.274. The minimum Gasteiger partial charge on any atom is -0.406 e. The van der Waals surface area contributed by atoms with Crippen LogP contribution in [-0.2, 0) is 10.0 Å². The zero-order chi connectivity index (χ0) is 15.0. The first-order valence-electron chi connectivity index (χ1n) is 5.72. The Labute approximate surface area is 113 Å². The molecule has 0 bridgehead atoms. The number of sulfonamides is 1. The molecule has 1 N–H and O–H groups in total. The van der Waals surface area contributed by atoms with E-state index in [4.69, 9.17) is 0 Å². The van der Waals surface area contributed by atoms with Crippen LogP contribution in [0.5, 0.6) is 5.75 Å². The van der Waals surface area contributed by atoms with E-state index in [0.717, 1.165) is 28.6 Å². The molecule has 112 valence electrons. The fourth-order valence-electron chi connectivity index (χ4n) is 1.89. The van der Waals surface area contributed by atoms with E-state index in [-0.39, 0.29) is 18.0 Å². The number of rotatable bonds is 3. The Balaban J connectivity index is 2.17. The van der Waals surface area contributed by atoms with Crippen LogP contribution < -0.4 is 4.74 Å². The van der Waals surface area contributed by atoms with Gasteiger partial charge in [0.15, 0.2) is 0 Å². The van der Waals surface area contributed by atoms with Gasteiger partial charge in [-0.05, 0) is 30.7 Å². The smallest absolute Gasteiger partial charge is 0.406 e. The Hall–Kier alpha value is -1.32. The molecule has 0 amide bonds. The number of alkyl halides is 3. The molecule has 1 atom stereocenters. The molecule has 1 fully saturated rings. The van der Waals surface area contributed by atoms with Crippen LogP contribution in [0.3, 0.4) is 0 Å². The number of nitrogens with zero attached hydrogens (tertiary/aromatic N) is 1. The largest absolute Gasteiger partial charge is 0.573 e. The summed E-state index contributed by atoms with van der Waals surface area (Å²) >= 11 is 0. The molecular weight excluding hydrogens is 299 g/mol. The van der Waals surface area contributed by atoms with E-state index in [0.29, 0.717) is 6.42 Å². The molecule has 9 heteroatoms. The van der Waals surface area contributed by atoms with Gasteiger partial charge in [0, 0.05) is 13.1 Å². The van der Waals surface area contributed by atoms with Gasteiger partial charge in [0.05, 0.1) is 11.0 Å². The van der Waals surface area contributed by atoms with Crippen molar-refractivity contribution in [2.24, 2.45) is 0 Å². The highest BCUT2D eigenvalue weighted by Crippen LogP contribution is 2.26. The minimum absolute atomic E-state index is 0.0108. The van der Waals surface area contributed by atoms with Gasteiger partial charge in [-0.1, -0.05) is 0 Å². The summed E-state index contributed by atoms with van der Waals surface area (Å²) in [6.45, 7) is 0.174. The van der Waals surface area contributed by atoms with Crippen molar-refractivity contribution in [3.63, 3.8) is 0 Å². The third-order valence-electron chi connectivity index (χ3n) is 2.82. The van der Waals surface area contributed by atoms with Crippen LogP contribution in [0.4, 0.5) is 13.2 Å². The van der Waals surface area contributed by atoms with Gasteiger partial charge in [-0.3, -0.25) is 0 Å². The number of ether oxygens (including phenoxy) is 1. The van der Waals surface area contributed by atoms with Crippen molar-refractivity contribution in [2.45, 2.75) is 23.8 Å². The molecule has 1 aliphatic heterocycles. The van der Waals surface area contributed by atoms with Gasteiger partial charge in [0.25, 0.3) is 0 Å². The summed E-state index contributed by atoms with van der Waals surface area (Å²) in [5.74, 6) is -0.488. The topological polar surface area (TPSA) is 66.8 Å². The second-order valence-electron chi connectivity index (χ2n) is 4.32. The van der Waals surface area contributed by atoms with E-state index in [9.17, 15) is 26.7 Å². The summed E-state index contributed by atoms with van der Waals surface area (Å²) in [7, 11) is -3.80. The molecular formula is C11H12F3NO4S. The molecule has 0 radical (unpaired) electrons. The van der Waals surface area contributed by atoms with Crippen molar-refractivity contribution >= 4 is 10.0 Å². The molecule has 20 heavy (non-hydrogen) atoms. The van der Waals surface area contributed by atoms with Crippen molar-refractivity contribution in [1.29, 1.82) is 0 Å². The van der Waals surface area contributed by atoms with Gasteiger partial charge >= 0.3 is 6.36 Å². The Morgan fingerprint density at radius 2 is 1.85 bits per heavy atom.